The number of thiophene rings is 1. The fourth-order valence-electron chi connectivity index (χ4n) is 1.15. The molecule has 0 unspecified atom stereocenters. The Kier molecular flexibility index (Phi) is 2.20. The Morgan fingerprint density at radius 3 is 2.54 bits per heavy atom. The van der Waals surface area contributed by atoms with Crippen LogP contribution in [0.5, 0.6) is 0 Å². The normalized spacial score (nSPS) is 10.2. The third kappa shape index (κ3) is 1.53. The summed E-state index contributed by atoms with van der Waals surface area (Å²) in [4.78, 5) is 3.93. The molecular formula is C9H7ClN2S. The van der Waals surface area contributed by atoms with Gasteiger partial charge in [0.05, 0.1) is 10.0 Å². The molecular weight excluding hydrogens is 204 g/mol. The van der Waals surface area contributed by atoms with Crippen molar-refractivity contribution in [3.8, 4) is 11.1 Å². The molecule has 2 aromatic rings. The molecule has 2 aromatic heterocycles. The second-order valence-electron chi connectivity index (χ2n) is 2.56. The summed E-state index contributed by atoms with van der Waals surface area (Å²) in [6, 6.07) is 3.79. The Morgan fingerprint density at radius 1 is 1.31 bits per heavy atom. The number of aromatic nitrogens is 1. The number of pyridine rings is 1. The van der Waals surface area contributed by atoms with Gasteiger partial charge < -0.3 is 5.73 Å². The number of hydrogen-bond acceptors (Lipinski definition) is 3. The van der Waals surface area contributed by atoms with Gasteiger partial charge in [-0.2, -0.15) is 0 Å². The third-order valence-corrected chi connectivity index (χ3v) is 2.98. The van der Waals surface area contributed by atoms with E-state index in [1.54, 1.807) is 12.4 Å². The third-order valence-electron chi connectivity index (χ3n) is 1.74. The molecule has 2 nitrogen and oxygen atoms in total. The number of anilines is 1. The molecule has 0 fully saturated rings. The van der Waals surface area contributed by atoms with Crippen molar-refractivity contribution in [2.75, 3.05) is 5.73 Å². The minimum absolute atomic E-state index is 0.703. The van der Waals surface area contributed by atoms with Gasteiger partial charge in [0.15, 0.2) is 0 Å². The molecule has 0 aliphatic heterocycles. The summed E-state index contributed by atoms with van der Waals surface area (Å²) in [6.07, 6.45) is 3.45. The molecule has 0 aliphatic rings. The van der Waals surface area contributed by atoms with Crippen molar-refractivity contribution in [2.24, 2.45) is 0 Å². The molecule has 66 valence electrons. The van der Waals surface area contributed by atoms with Crippen LogP contribution >= 0.6 is 22.9 Å². The number of rotatable bonds is 1. The average molecular weight is 211 g/mol. The second kappa shape index (κ2) is 3.36. The van der Waals surface area contributed by atoms with E-state index in [-0.39, 0.29) is 0 Å². The van der Waals surface area contributed by atoms with Crippen molar-refractivity contribution in [1.82, 2.24) is 4.98 Å². The highest BCUT2D eigenvalue weighted by Gasteiger charge is 2.08. The van der Waals surface area contributed by atoms with E-state index < -0.39 is 0 Å². The van der Waals surface area contributed by atoms with Gasteiger partial charge in [-0.25, -0.2) is 0 Å². The van der Waals surface area contributed by atoms with Gasteiger partial charge in [0, 0.05) is 23.3 Å². The lowest BCUT2D eigenvalue weighted by Gasteiger charge is -1.99. The molecule has 0 radical (unpaired) electrons. The van der Waals surface area contributed by atoms with E-state index in [0.717, 1.165) is 16.1 Å². The first-order valence-electron chi connectivity index (χ1n) is 3.72. The van der Waals surface area contributed by atoms with Crippen LogP contribution in [0.4, 0.5) is 5.00 Å². The van der Waals surface area contributed by atoms with Crippen molar-refractivity contribution < 1.29 is 0 Å². The van der Waals surface area contributed by atoms with Gasteiger partial charge in [0.1, 0.15) is 0 Å². The number of hydrogen-bond donors (Lipinski definition) is 1. The Morgan fingerprint density at radius 2 is 2.00 bits per heavy atom. The molecule has 4 heteroatoms. The summed E-state index contributed by atoms with van der Waals surface area (Å²) in [5.41, 5.74) is 7.71. The van der Waals surface area contributed by atoms with Crippen molar-refractivity contribution in [1.29, 1.82) is 0 Å². The Labute approximate surface area is 85.0 Å². The van der Waals surface area contributed by atoms with Crippen LogP contribution in [0.25, 0.3) is 11.1 Å². The Bertz CT molecular complexity index is 391. The van der Waals surface area contributed by atoms with Gasteiger partial charge in [-0.05, 0) is 17.7 Å². The van der Waals surface area contributed by atoms with E-state index in [1.807, 2.05) is 17.5 Å². The molecule has 0 amide bonds. The summed E-state index contributed by atoms with van der Waals surface area (Å²) in [5.74, 6) is 0. The maximum Gasteiger partial charge on any atom is 0.0951 e. The quantitative estimate of drug-likeness (QED) is 0.786. The minimum Gasteiger partial charge on any atom is -0.390 e. The van der Waals surface area contributed by atoms with Crippen molar-refractivity contribution >= 4 is 27.9 Å². The van der Waals surface area contributed by atoms with E-state index in [1.165, 1.54) is 11.3 Å². The van der Waals surface area contributed by atoms with Gasteiger partial charge >= 0.3 is 0 Å². The number of halogens is 1. The molecule has 2 rings (SSSR count). The van der Waals surface area contributed by atoms with Crippen LogP contribution in [0, 0.1) is 0 Å². The van der Waals surface area contributed by atoms with E-state index in [0.29, 0.717) is 5.02 Å². The number of nitrogens with two attached hydrogens (primary N) is 1. The van der Waals surface area contributed by atoms with Crippen LogP contribution < -0.4 is 5.73 Å². The fraction of sp³-hybridized carbons (Fsp3) is 0. The van der Waals surface area contributed by atoms with Crippen LogP contribution in [0.1, 0.15) is 0 Å². The standard InChI is InChI=1S/C9H7ClN2S/c10-7-5-13-9(11)8(7)6-1-3-12-4-2-6/h1-5H,11H2. The van der Waals surface area contributed by atoms with E-state index in [2.05, 4.69) is 4.98 Å². The predicted octanol–water partition coefficient (Wildman–Crippen LogP) is 3.05. The highest BCUT2D eigenvalue weighted by Crippen LogP contribution is 2.37. The Hall–Kier alpha value is -1.06. The summed E-state index contributed by atoms with van der Waals surface area (Å²) in [7, 11) is 0. The molecule has 13 heavy (non-hydrogen) atoms. The summed E-state index contributed by atoms with van der Waals surface area (Å²) in [5, 5.41) is 3.29. The highest BCUT2D eigenvalue weighted by molar-refractivity contribution is 7.15. The molecule has 0 atom stereocenters. The lowest BCUT2D eigenvalue weighted by atomic mass is 10.1. The zero-order chi connectivity index (χ0) is 9.26. The molecule has 0 saturated heterocycles. The lowest BCUT2D eigenvalue weighted by molar-refractivity contribution is 1.33. The van der Waals surface area contributed by atoms with Gasteiger partial charge in [-0.3, -0.25) is 4.98 Å². The van der Waals surface area contributed by atoms with Gasteiger partial charge in [0.25, 0.3) is 0 Å². The smallest absolute Gasteiger partial charge is 0.0951 e. The van der Waals surface area contributed by atoms with E-state index in [4.69, 9.17) is 17.3 Å². The number of nitrogen functional groups attached to an aromatic ring is 1. The minimum atomic E-state index is 0.703. The molecule has 2 heterocycles. The Balaban J connectivity index is 2.59. The average Bonchev–Trinajstić information content (AvgIpc) is 2.48. The lowest BCUT2D eigenvalue weighted by Crippen LogP contribution is -1.84. The SMILES string of the molecule is Nc1scc(Cl)c1-c1ccncc1. The molecule has 0 aromatic carbocycles. The summed E-state index contributed by atoms with van der Waals surface area (Å²) >= 11 is 7.44. The number of nitrogens with zero attached hydrogens (tertiary/aromatic N) is 1. The topological polar surface area (TPSA) is 38.9 Å². The van der Waals surface area contributed by atoms with Crippen molar-refractivity contribution in [3.05, 3.63) is 34.9 Å². The molecule has 0 spiro atoms. The summed E-state index contributed by atoms with van der Waals surface area (Å²) < 4.78 is 0. The van der Waals surface area contributed by atoms with Gasteiger partial charge in [-0.15, -0.1) is 11.3 Å². The maximum atomic E-state index is 5.99. The molecule has 0 aliphatic carbocycles. The van der Waals surface area contributed by atoms with Crippen LogP contribution in [0.2, 0.25) is 5.02 Å². The first-order chi connectivity index (χ1) is 6.29. The van der Waals surface area contributed by atoms with E-state index >= 15 is 0 Å². The maximum absolute atomic E-state index is 5.99. The van der Waals surface area contributed by atoms with Crippen LogP contribution in [0.15, 0.2) is 29.9 Å². The van der Waals surface area contributed by atoms with Gasteiger partial charge in [0.2, 0.25) is 0 Å². The first-order valence-corrected chi connectivity index (χ1v) is 4.97. The predicted molar refractivity (Wildman–Crippen MR) is 57.0 cm³/mol. The highest BCUT2D eigenvalue weighted by atomic mass is 35.5. The molecule has 0 saturated carbocycles. The van der Waals surface area contributed by atoms with Gasteiger partial charge in [-0.1, -0.05) is 11.6 Å². The largest absolute Gasteiger partial charge is 0.390 e. The molecule has 2 N–H and O–H groups in total. The van der Waals surface area contributed by atoms with Crippen molar-refractivity contribution in [3.63, 3.8) is 0 Å². The van der Waals surface area contributed by atoms with E-state index in [9.17, 15) is 0 Å². The fourth-order valence-corrected chi connectivity index (χ4v) is 2.24. The zero-order valence-electron chi connectivity index (χ0n) is 6.70. The summed E-state index contributed by atoms with van der Waals surface area (Å²) in [6.45, 7) is 0. The molecule has 0 bridgehead atoms. The van der Waals surface area contributed by atoms with Crippen LogP contribution in [-0.4, -0.2) is 4.98 Å². The van der Waals surface area contributed by atoms with Crippen LogP contribution in [0.3, 0.4) is 0 Å². The zero-order valence-corrected chi connectivity index (χ0v) is 8.27. The second-order valence-corrected chi connectivity index (χ2v) is 3.88. The van der Waals surface area contributed by atoms with Crippen LogP contribution in [-0.2, 0) is 0 Å². The monoisotopic (exact) mass is 210 g/mol. The van der Waals surface area contributed by atoms with Crippen molar-refractivity contribution in [2.45, 2.75) is 0 Å². The first kappa shape index (κ1) is 8.53.